The van der Waals surface area contributed by atoms with Crippen molar-refractivity contribution in [3.8, 4) is 0 Å². The van der Waals surface area contributed by atoms with Crippen molar-refractivity contribution in [3.05, 3.63) is 18.0 Å². The van der Waals surface area contributed by atoms with Gasteiger partial charge in [-0.25, -0.2) is 0 Å². The Morgan fingerprint density at radius 2 is 2.25 bits per heavy atom. The SMILES string of the molecule is CC(C)c1ccnn1C1CCC1. The molecule has 1 saturated carbocycles. The van der Waals surface area contributed by atoms with Gasteiger partial charge in [0, 0.05) is 11.9 Å². The first-order chi connectivity index (χ1) is 5.79. The molecule has 1 fully saturated rings. The van der Waals surface area contributed by atoms with Gasteiger partial charge in [-0.15, -0.1) is 0 Å². The highest BCUT2D eigenvalue weighted by molar-refractivity contribution is 5.07. The summed E-state index contributed by atoms with van der Waals surface area (Å²) in [7, 11) is 0. The van der Waals surface area contributed by atoms with Crippen LogP contribution in [0.3, 0.4) is 0 Å². The van der Waals surface area contributed by atoms with Gasteiger partial charge in [0.05, 0.1) is 6.04 Å². The second-order valence-electron chi connectivity index (χ2n) is 3.94. The first-order valence-electron chi connectivity index (χ1n) is 4.82. The zero-order valence-corrected chi connectivity index (χ0v) is 7.83. The zero-order valence-electron chi connectivity index (χ0n) is 7.83. The minimum atomic E-state index is 0.605. The van der Waals surface area contributed by atoms with Crippen LogP contribution in [-0.4, -0.2) is 9.78 Å². The van der Waals surface area contributed by atoms with Crippen LogP contribution in [0.2, 0.25) is 0 Å². The lowest BCUT2D eigenvalue weighted by Gasteiger charge is -2.28. The summed E-state index contributed by atoms with van der Waals surface area (Å²) in [4.78, 5) is 0. The average molecular weight is 164 g/mol. The smallest absolute Gasteiger partial charge is 0.0522 e. The highest BCUT2D eigenvalue weighted by Crippen LogP contribution is 2.33. The van der Waals surface area contributed by atoms with Crippen LogP contribution in [-0.2, 0) is 0 Å². The van der Waals surface area contributed by atoms with E-state index in [2.05, 4.69) is 29.7 Å². The Morgan fingerprint density at radius 1 is 1.50 bits per heavy atom. The number of hydrogen-bond acceptors (Lipinski definition) is 1. The first-order valence-corrected chi connectivity index (χ1v) is 4.82. The maximum atomic E-state index is 4.38. The summed E-state index contributed by atoms with van der Waals surface area (Å²) >= 11 is 0. The van der Waals surface area contributed by atoms with Crippen molar-refractivity contribution in [3.63, 3.8) is 0 Å². The van der Waals surface area contributed by atoms with Crippen LogP contribution in [0.5, 0.6) is 0 Å². The van der Waals surface area contributed by atoms with Crippen molar-refractivity contribution in [2.24, 2.45) is 0 Å². The fourth-order valence-electron chi connectivity index (χ4n) is 1.72. The predicted octanol–water partition coefficient (Wildman–Crippen LogP) is 2.73. The summed E-state index contributed by atoms with van der Waals surface area (Å²) in [5.41, 5.74) is 1.39. The summed E-state index contributed by atoms with van der Waals surface area (Å²) in [6, 6.07) is 2.85. The lowest BCUT2D eigenvalue weighted by atomic mass is 9.92. The van der Waals surface area contributed by atoms with Gasteiger partial charge < -0.3 is 0 Å². The largest absolute Gasteiger partial charge is 0.266 e. The van der Waals surface area contributed by atoms with Crippen molar-refractivity contribution in [1.82, 2.24) is 9.78 Å². The summed E-state index contributed by atoms with van der Waals surface area (Å²) in [5.74, 6) is 0.605. The molecule has 0 unspecified atom stereocenters. The number of aromatic nitrogens is 2. The van der Waals surface area contributed by atoms with E-state index in [-0.39, 0.29) is 0 Å². The van der Waals surface area contributed by atoms with Gasteiger partial charge in [0.2, 0.25) is 0 Å². The lowest BCUT2D eigenvalue weighted by molar-refractivity contribution is 0.280. The van der Waals surface area contributed by atoms with Gasteiger partial charge in [0.25, 0.3) is 0 Å². The molecule has 0 N–H and O–H groups in total. The maximum Gasteiger partial charge on any atom is 0.0522 e. The molecule has 2 nitrogen and oxygen atoms in total. The maximum absolute atomic E-state index is 4.38. The summed E-state index contributed by atoms with van der Waals surface area (Å²) in [6.45, 7) is 4.46. The van der Waals surface area contributed by atoms with E-state index in [1.165, 1.54) is 25.0 Å². The fraction of sp³-hybridized carbons (Fsp3) is 0.700. The number of hydrogen-bond donors (Lipinski definition) is 0. The van der Waals surface area contributed by atoms with Gasteiger partial charge in [-0.2, -0.15) is 5.10 Å². The molecule has 2 heteroatoms. The monoisotopic (exact) mass is 164 g/mol. The molecule has 66 valence electrons. The second-order valence-corrected chi connectivity index (χ2v) is 3.94. The molecule has 2 rings (SSSR count). The van der Waals surface area contributed by atoms with E-state index in [9.17, 15) is 0 Å². The Kier molecular flexibility index (Phi) is 1.91. The molecule has 12 heavy (non-hydrogen) atoms. The summed E-state index contributed by atoms with van der Waals surface area (Å²) in [5, 5.41) is 4.38. The van der Waals surface area contributed by atoms with E-state index in [4.69, 9.17) is 0 Å². The van der Waals surface area contributed by atoms with Gasteiger partial charge in [-0.3, -0.25) is 4.68 Å². The van der Waals surface area contributed by atoms with Crippen LogP contribution >= 0.6 is 0 Å². The standard InChI is InChI=1S/C10H16N2/c1-8(2)10-6-7-11-12(10)9-4-3-5-9/h6-9H,3-5H2,1-2H3. The van der Waals surface area contributed by atoms with Gasteiger partial charge in [0.15, 0.2) is 0 Å². The predicted molar refractivity (Wildman–Crippen MR) is 49.2 cm³/mol. The molecule has 0 bridgehead atoms. The minimum Gasteiger partial charge on any atom is -0.266 e. The molecule has 0 amide bonds. The van der Waals surface area contributed by atoms with Gasteiger partial charge >= 0.3 is 0 Å². The van der Waals surface area contributed by atoms with Crippen LogP contribution in [0.1, 0.15) is 50.8 Å². The third-order valence-electron chi connectivity index (χ3n) is 2.71. The fourth-order valence-corrected chi connectivity index (χ4v) is 1.72. The van der Waals surface area contributed by atoms with Crippen molar-refractivity contribution < 1.29 is 0 Å². The van der Waals surface area contributed by atoms with Crippen molar-refractivity contribution >= 4 is 0 Å². The second kappa shape index (κ2) is 2.92. The molecule has 0 aliphatic heterocycles. The van der Waals surface area contributed by atoms with Crippen molar-refractivity contribution in [1.29, 1.82) is 0 Å². The highest BCUT2D eigenvalue weighted by Gasteiger charge is 2.22. The highest BCUT2D eigenvalue weighted by atomic mass is 15.3. The summed E-state index contributed by atoms with van der Waals surface area (Å²) < 4.78 is 2.22. The van der Waals surface area contributed by atoms with Crippen LogP contribution in [0, 0.1) is 0 Å². The molecule has 1 aliphatic carbocycles. The minimum absolute atomic E-state index is 0.605. The van der Waals surface area contributed by atoms with E-state index < -0.39 is 0 Å². The Bertz CT molecular complexity index is 259. The molecular weight excluding hydrogens is 148 g/mol. The van der Waals surface area contributed by atoms with Crippen LogP contribution in [0.4, 0.5) is 0 Å². The van der Waals surface area contributed by atoms with Gasteiger partial charge in [-0.1, -0.05) is 13.8 Å². The molecular formula is C10H16N2. The topological polar surface area (TPSA) is 17.8 Å². The Hall–Kier alpha value is -0.790. The molecule has 1 aromatic rings. The molecule has 0 spiro atoms. The van der Waals surface area contributed by atoms with Crippen LogP contribution < -0.4 is 0 Å². The van der Waals surface area contributed by atoms with Gasteiger partial charge in [-0.05, 0) is 31.2 Å². The van der Waals surface area contributed by atoms with E-state index >= 15 is 0 Å². The molecule has 0 aromatic carbocycles. The quantitative estimate of drug-likeness (QED) is 0.657. The van der Waals surface area contributed by atoms with Gasteiger partial charge in [0.1, 0.15) is 0 Å². The third kappa shape index (κ3) is 1.15. The zero-order chi connectivity index (χ0) is 8.55. The first kappa shape index (κ1) is 7.84. The Labute approximate surface area is 73.6 Å². The van der Waals surface area contributed by atoms with E-state index in [1.807, 2.05) is 6.20 Å². The molecule has 0 radical (unpaired) electrons. The Balaban J connectivity index is 2.23. The normalized spacial score (nSPS) is 18.2. The average Bonchev–Trinajstić information content (AvgIpc) is 2.31. The van der Waals surface area contributed by atoms with E-state index in [1.54, 1.807) is 0 Å². The number of nitrogens with zero attached hydrogens (tertiary/aromatic N) is 2. The van der Waals surface area contributed by atoms with Crippen LogP contribution in [0.15, 0.2) is 12.3 Å². The molecule has 1 aliphatic rings. The van der Waals surface area contributed by atoms with Crippen LogP contribution in [0.25, 0.3) is 0 Å². The summed E-state index contributed by atoms with van der Waals surface area (Å²) in [6.07, 6.45) is 5.94. The third-order valence-corrected chi connectivity index (χ3v) is 2.71. The molecule has 1 aromatic heterocycles. The van der Waals surface area contributed by atoms with Crippen molar-refractivity contribution in [2.45, 2.75) is 45.1 Å². The lowest BCUT2D eigenvalue weighted by Crippen LogP contribution is -2.20. The molecule has 1 heterocycles. The van der Waals surface area contributed by atoms with E-state index in [0.717, 1.165) is 0 Å². The molecule has 0 atom stereocenters. The Morgan fingerprint density at radius 3 is 2.75 bits per heavy atom. The molecule has 0 saturated heterocycles. The van der Waals surface area contributed by atoms with E-state index in [0.29, 0.717) is 12.0 Å². The number of rotatable bonds is 2. The van der Waals surface area contributed by atoms with Crippen molar-refractivity contribution in [2.75, 3.05) is 0 Å².